The van der Waals surface area contributed by atoms with Crippen LogP contribution in [-0.4, -0.2) is 18.1 Å². The smallest absolute Gasteiger partial charge is 0.215 e. The summed E-state index contributed by atoms with van der Waals surface area (Å²) < 4.78 is 5.60. The van der Waals surface area contributed by atoms with Crippen LogP contribution < -0.4 is 10.1 Å². The van der Waals surface area contributed by atoms with Crippen LogP contribution in [0.5, 0.6) is 5.88 Å². The molecule has 1 aliphatic carbocycles. The lowest BCUT2D eigenvalue weighted by Gasteiger charge is -2.07. The van der Waals surface area contributed by atoms with Crippen molar-refractivity contribution < 1.29 is 4.74 Å². The molecule has 0 aromatic carbocycles. The van der Waals surface area contributed by atoms with Crippen molar-refractivity contribution in [2.24, 2.45) is 5.92 Å². The Hall–Kier alpha value is -1.25. The van der Waals surface area contributed by atoms with E-state index < -0.39 is 0 Å². The molecule has 0 saturated heterocycles. The Morgan fingerprint density at radius 3 is 3.07 bits per heavy atom. The highest BCUT2D eigenvalue weighted by atomic mass is 16.5. The second-order valence-corrected chi connectivity index (χ2v) is 4.04. The topological polar surface area (TPSA) is 34.1 Å². The van der Waals surface area contributed by atoms with Crippen molar-refractivity contribution in [2.75, 3.05) is 18.5 Å². The minimum atomic E-state index is 0.739. The van der Waals surface area contributed by atoms with Gasteiger partial charge in [-0.1, -0.05) is 13.0 Å². The van der Waals surface area contributed by atoms with Crippen LogP contribution in [0.15, 0.2) is 18.2 Å². The van der Waals surface area contributed by atoms with Gasteiger partial charge in [-0.05, 0) is 31.2 Å². The molecule has 0 aliphatic heterocycles. The Morgan fingerprint density at radius 1 is 1.47 bits per heavy atom. The molecule has 2 rings (SSSR count). The Morgan fingerprint density at radius 2 is 2.33 bits per heavy atom. The van der Waals surface area contributed by atoms with Gasteiger partial charge in [-0.15, -0.1) is 0 Å². The number of nitrogens with zero attached hydrogens (tertiary/aromatic N) is 1. The van der Waals surface area contributed by atoms with Crippen molar-refractivity contribution >= 4 is 5.82 Å². The maximum atomic E-state index is 5.60. The van der Waals surface area contributed by atoms with Crippen molar-refractivity contribution in [3.05, 3.63) is 18.2 Å². The van der Waals surface area contributed by atoms with Crippen LogP contribution in [0.2, 0.25) is 0 Å². The van der Waals surface area contributed by atoms with Crippen LogP contribution in [0.3, 0.4) is 0 Å². The van der Waals surface area contributed by atoms with E-state index in [9.17, 15) is 0 Å². The highest BCUT2D eigenvalue weighted by Crippen LogP contribution is 2.29. The highest BCUT2D eigenvalue weighted by molar-refractivity contribution is 5.36. The summed E-state index contributed by atoms with van der Waals surface area (Å²) >= 11 is 0. The predicted octanol–water partition coefficient (Wildman–Crippen LogP) is 2.69. The van der Waals surface area contributed by atoms with E-state index in [-0.39, 0.29) is 0 Å². The van der Waals surface area contributed by atoms with Gasteiger partial charge in [-0.3, -0.25) is 0 Å². The number of hydrogen-bond acceptors (Lipinski definition) is 3. The number of anilines is 1. The first-order valence-electron chi connectivity index (χ1n) is 5.72. The lowest BCUT2D eigenvalue weighted by molar-refractivity contribution is 0.289. The third-order valence-corrected chi connectivity index (χ3v) is 2.44. The van der Waals surface area contributed by atoms with Gasteiger partial charge in [0.2, 0.25) is 5.88 Å². The maximum Gasteiger partial charge on any atom is 0.215 e. The van der Waals surface area contributed by atoms with Gasteiger partial charge in [-0.25, -0.2) is 0 Å². The Balaban J connectivity index is 1.85. The Bertz CT molecular complexity index is 310. The summed E-state index contributed by atoms with van der Waals surface area (Å²) in [6, 6.07) is 5.87. The standard InChI is InChI=1S/C12H18N2O/c1-2-8-13-11-4-3-5-12(14-11)15-9-10-6-7-10/h3-5,10H,2,6-9H2,1H3,(H,13,14). The van der Waals surface area contributed by atoms with Gasteiger partial charge in [0.15, 0.2) is 0 Å². The number of hydrogen-bond donors (Lipinski definition) is 1. The van der Waals surface area contributed by atoms with E-state index in [4.69, 9.17) is 4.74 Å². The van der Waals surface area contributed by atoms with Gasteiger partial charge in [0, 0.05) is 12.6 Å². The van der Waals surface area contributed by atoms with E-state index in [1.165, 1.54) is 12.8 Å². The molecular formula is C12H18N2O. The fourth-order valence-electron chi connectivity index (χ4n) is 1.33. The molecule has 0 atom stereocenters. The summed E-state index contributed by atoms with van der Waals surface area (Å²) in [7, 11) is 0. The molecule has 3 heteroatoms. The number of aromatic nitrogens is 1. The molecule has 0 radical (unpaired) electrons. The Labute approximate surface area is 90.9 Å². The zero-order valence-corrected chi connectivity index (χ0v) is 9.20. The molecule has 1 heterocycles. The third kappa shape index (κ3) is 3.42. The minimum absolute atomic E-state index is 0.739. The predicted molar refractivity (Wildman–Crippen MR) is 61.2 cm³/mol. The van der Waals surface area contributed by atoms with E-state index in [2.05, 4.69) is 17.2 Å². The molecule has 15 heavy (non-hydrogen) atoms. The quantitative estimate of drug-likeness (QED) is 0.777. The number of rotatable bonds is 6. The molecule has 3 nitrogen and oxygen atoms in total. The molecule has 0 spiro atoms. The van der Waals surface area contributed by atoms with Crippen molar-refractivity contribution in [3.8, 4) is 5.88 Å². The summed E-state index contributed by atoms with van der Waals surface area (Å²) in [4.78, 5) is 4.38. The average molecular weight is 206 g/mol. The summed E-state index contributed by atoms with van der Waals surface area (Å²) in [5, 5.41) is 3.25. The number of ether oxygens (including phenoxy) is 1. The molecule has 1 aromatic heterocycles. The van der Waals surface area contributed by atoms with Crippen molar-refractivity contribution in [1.82, 2.24) is 4.98 Å². The van der Waals surface area contributed by atoms with Crippen LogP contribution >= 0.6 is 0 Å². The molecule has 0 unspecified atom stereocenters. The molecule has 1 aliphatic rings. The highest BCUT2D eigenvalue weighted by Gasteiger charge is 2.22. The van der Waals surface area contributed by atoms with E-state index >= 15 is 0 Å². The van der Waals surface area contributed by atoms with E-state index in [0.29, 0.717) is 0 Å². The summed E-state index contributed by atoms with van der Waals surface area (Å²) in [6.45, 7) is 3.92. The van der Waals surface area contributed by atoms with Crippen LogP contribution in [0.25, 0.3) is 0 Å². The Kier molecular flexibility index (Phi) is 3.43. The SMILES string of the molecule is CCCNc1cccc(OCC2CC2)n1. The molecule has 0 amide bonds. The van der Waals surface area contributed by atoms with Gasteiger partial charge in [0.25, 0.3) is 0 Å². The maximum absolute atomic E-state index is 5.60. The normalized spacial score (nSPS) is 15.0. The zero-order chi connectivity index (χ0) is 10.5. The van der Waals surface area contributed by atoms with Gasteiger partial charge >= 0.3 is 0 Å². The summed E-state index contributed by atoms with van der Waals surface area (Å²) in [5.41, 5.74) is 0. The fraction of sp³-hybridized carbons (Fsp3) is 0.583. The van der Waals surface area contributed by atoms with Gasteiger partial charge in [0.05, 0.1) is 6.61 Å². The summed E-state index contributed by atoms with van der Waals surface area (Å²) in [6.07, 6.45) is 3.73. The second kappa shape index (κ2) is 5.01. The second-order valence-electron chi connectivity index (χ2n) is 4.04. The lowest BCUT2D eigenvalue weighted by atomic mass is 10.4. The average Bonchev–Trinajstić information content (AvgIpc) is 3.08. The molecule has 1 saturated carbocycles. The van der Waals surface area contributed by atoms with Crippen LogP contribution in [-0.2, 0) is 0 Å². The molecule has 1 fully saturated rings. The van der Waals surface area contributed by atoms with E-state index in [1.54, 1.807) is 0 Å². The molecule has 82 valence electrons. The first-order valence-corrected chi connectivity index (χ1v) is 5.72. The van der Waals surface area contributed by atoms with Crippen LogP contribution in [0.1, 0.15) is 26.2 Å². The lowest BCUT2D eigenvalue weighted by Crippen LogP contribution is -2.04. The van der Waals surface area contributed by atoms with Crippen molar-refractivity contribution in [3.63, 3.8) is 0 Å². The van der Waals surface area contributed by atoms with Crippen LogP contribution in [0.4, 0.5) is 5.82 Å². The molecule has 1 N–H and O–H groups in total. The van der Waals surface area contributed by atoms with E-state index in [1.807, 2.05) is 18.2 Å². The van der Waals surface area contributed by atoms with E-state index in [0.717, 1.165) is 37.2 Å². The van der Waals surface area contributed by atoms with Gasteiger partial charge in [-0.2, -0.15) is 4.98 Å². The molecule has 0 bridgehead atoms. The monoisotopic (exact) mass is 206 g/mol. The zero-order valence-electron chi connectivity index (χ0n) is 9.20. The third-order valence-electron chi connectivity index (χ3n) is 2.44. The number of nitrogens with one attached hydrogen (secondary N) is 1. The summed E-state index contributed by atoms with van der Waals surface area (Å²) in [5.74, 6) is 2.42. The molecular weight excluding hydrogens is 188 g/mol. The van der Waals surface area contributed by atoms with Crippen molar-refractivity contribution in [1.29, 1.82) is 0 Å². The number of pyridine rings is 1. The van der Waals surface area contributed by atoms with Gasteiger partial charge in [0.1, 0.15) is 5.82 Å². The van der Waals surface area contributed by atoms with Crippen LogP contribution in [0, 0.1) is 5.92 Å². The minimum Gasteiger partial charge on any atom is -0.477 e. The van der Waals surface area contributed by atoms with Crippen molar-refractivity contribution in [2.45, 2.75) is 26.2 Å². The fourth-order valence-corrected chi connectivity index (χ4v) is 1.33. The molecule has 1 aromatic rings. The first-order chi connectivity index (χ1) is 7.38. The largest absolute Gasteiger partial charge is 0.477 e. The first kappa shape index (κ1) is 10.3. The van der Waals surface area contributed by atoms with Gasteiger partial charge < -0.3 is 10.1 Å².